The minimum absolute atomic E-state index is 0.157. The number of nitrogens with one attached hydrogen (secondary N) is 3. The van der Waals surface area contributed by atoms with Crippen molar-refractivity contribution < 1.29 is 29.1 Å². The molecule has 33 heavy (non-hydrogen) atoms. The maximum atomic E-state index is 12.9. The number of nitrogens with two attached hydrogens (primary N) is 2. The van der Waals surface area contributed by atoms with Crippen molar-refractivity contribution in [2.75, 3.05) is 12.0 Å². The summed E-state index contributed by atoms with van der Waals surface area (Å²) in [4.78, 5) is 61.2. The van der Waals surface area contributed by atoms with Crippen LogP contribution in [0.5, 0.6) is 0 Å². The molecule has 0 saturated heterocycles. The first kappa shape index (κ1) is 30.7. The molecule has 11 nitrogen and oxygen atoms in total. The number of hydrogen-bond donors (Lipinski definition) is 6. The van der Waals surface area contributed by atoms with Crippen molar-refractivity contribution in [2.45, 2.75) is 77.5 Å². The molecule has 0 fully saturated rings. The number of carbonyl (C=O) groups is 5. The molecule has 6 atom stereocenters. The number of primary amides is 1. The van der Waals surface area contributed by atoms with Crippen molar-refractivity contribution in [3.63, 3.8) is 0 Å². The summed E-state index contributed by atoms with van der Waals surface area (Å²) in [6.45, 7) is 7.16. The molecule has 0 aliphatic carbocycles. The minimum Gasteiger partial charge on any atom is -0.480 e. The van der Waals surface area contributed by atoms with E-state index < -0.39 is 60.2 Å². The van der Waals surface area contributed by atoms with Crippen LogP contribution in [0, 0.1) is 11.8 Å². The topological polar surface area (TPSA) is 194 Å². The highest BCUT2D eigenvalue weighted by molar-refractivity contribution is 7.98. The van der Waals surface area contributed by atoms with Crippen LogP contribution in [0.1, 0.15) is 53.4 Å². The highest BCUT2D eigenvalue weighted by atomic mass is 32.2. The predicted molar refractivity (Wildman–Crippen MR) is 127 cm³/mol. The van der Waals surface area contributed by atoms with Crippen molar-refractivity contribution in [3.8, 4) is 0 Å². The Morgan fingerprint density at radius 3 is 1.85 bits per heavy atom. The summed E-state index contributed by atoms with van der Waals surface area (Å²) < 4.78 is 0. The van der Waals surface area contributed by atoms with E-state index in [2.05, 4.69) is 16.0 Å². The molecule has 6 unspecified atom stereocenters. The molecule has 0 rings (SSSR count). The van der Waals surface area contributed by atoms with E-state index in [0.29, 0.717) is 18.6 Å². The number of amides is 4. The predicted octanol–water partition coefficient (Wildman–Crippen LogP) is -0.427. The van der Waals surface area contributed by atoms with Gasteiger partial charge in [0.2, 0.25) is 23.6 Å². The van der Waals surface area contributed by atoms with Crippen LogP contribution in [0.15, 0.2) is 0 Å². The molecule has 8 N–H and O–H groups in total. The molecule has 0 aromatic heterocycles. The molecule has 190 valence electrons. The van der Waals surface area contributed by atoms with Crippen molar-refractivity contribution in [3.05, 3.63) is 0 Å². The fourth-order valence-corrected chi connectivity index (χ4v) is 3.38. The molecule has 0 aromatic carbocycles. The highest BCUT2D eigenvalue weighted by Gasteiger charge is 2.32. The Morgan fingerprint density at radius 1 is 0.879 bits per heavy atom. The lowest BCUT2D eigenvalue weighted by molar-refractivity contribution is -0.144. The van der Waals surface area contributed by atoms with E-state index in [1.165, 1.54) is 11.8 Å². The van der Waals surface area contributed by atoms with Gasteiger partial charge < -0.3 is 32.5 Å². The van der Waals surface area contributed by atoms with Crippen molar-refractivity contribution in [1.82, 2.24) is 16.0 Å². The molecule has 0 bridgehead atoms. The average molecular weight is 490 g/mol. The van der Waals surface area contributed by atoms with Gasteiger partial charge in [0.05, 0.1) is 12.5 Å². The van der Waals surface area contributed by atoms with Crippen molar-refractivity contribution in [2.24, 2.45) is 23.3 Å². The molecule has 0 aromatic rings. The van der Waals surface area contributed by atoms with Gasteiger partial charge in [-0.3, -0.25) is 19.2 Å². The van der Waals surface area contributed by atoms with Crippen molar-refractivity contribution in [1.29, 1.82) is 0 Å². The zero-order valence-electron chi connectivity index (χ0n) is 20.1. The standard InChI is InChI=1S/C21H39N5O6S/c1-6-11(3)16(23)20(30)25-14(10-15(22)27)19(29)24-13(8-9-33-5)18(28)26-17(21(31)32)12(4)7-2/h11-14,16-17H,6-10,23H2,1-5H3,(H2,22,27)(H,24,29)(H,25,30)(H,26,28)(H,31,32). The molecule has 0 saturated carbocycles. The van der Waals surface area contributed by atoms with E-state index in [9.17, 15) is 29.1 Å². The number of hydrogen-bond acceptors (Lipinski definition) is 7. The first-order chi connectivity index (χ1) is 15.4. The third-order valence-electron chi connectivity index (χ3n) is 5.62. The van der Waals surface area contributed by atoms with Gasteiger partial charge in [-0.15, -0.1) is 0 Å². The van der Waals surface area contributed by atoms with Gasteiger partial charge in [-0.1, -0.05) is 40.5 Å². The van der Waals surface area contributed by atoms with E-state index >= 15 is 0 Å². The van der Waals surface area contributed by atoms with Crippen LogP contribution in [-0.2, 0) is 24.0 Å². The zero-order valence-corrected chi connectivity index (χ0v) is 20.9. The van der Waals surface area contributed by atoms with E-state index in [0.717, 1.165) is 0 Å². The Balaban J connectivity index is 5.56. The third-order valence-corrected chi connectivity index (χ3v) is 6.26. The second-order valence-corrected chi connectivity index (χ2v) is 9.18. The van der Waals surface area contributed by atoms with Gasteiger partial charge in [-0.05, 0) is 30.3 Å². The van der Waals surface area contributed by atoms with Gasteiger partial charge >= 0.3 is 5.97 Å². The van der Waals surface area contributed by atoms with Gasteiger partial charge in [-0.25, -0.2) is 4.79 Å². The van der Waals surface area contributed by atoms with Gasteiger partial charge in [-0.2, -0.15) is 11.8 Å². The Kier molecular flexibility index (Phi) is 14.4. The number of carboxylic acids is 1. The minimum atomic E-state index is -1.32. The number of rotatable bonds is 16. The Bertz CT molecular complexity index is 692. The number of carboxylic acid groups (broad SMARTS) is 1. The van der Waals surface area contributed by atoms with Gasteiger partial charge in [0, 0.05) is 0 Å². The van der Waals surface area contributed by atoms with Gasteiger partial charge in [0.25, 0.3) is 0 Å². The van der Waals surface area contributed by atoms with Crippen LogP contribution < -0.4 is 27.4 Å². The second kappa shape index (κ2) is 15.5. The second-order valence-electron chi connectivity index (χ2n) is 8.20. The van der Waals surface area contributed by atoms with Gasteiger partial charge in [0.15, 0.2) is 0 Å². The SMILES string of the molecule is CCC(C)C(N)C(=O)NC(CC(N)=O)C(=O)NC(CCSC)C(=O)NC(C(=O)O)C(C)CC. The van der Waals surface area contributed by atoms with Crippen LogP contribution in [-0.4, -0.2) is 70.9 Å². The third kappa shape index (κ3) is 10.9. The lowest BCUT2D eigenvalue weighted by Gasteiger charge is -2.26. The van der Waals surface area contributed by atoms with Crippen LogP contribution in [0.4, 0.5) is 0 Å². The maximum absolute atomic E-state index is 12.9. The molecular formula is C21H39N5O6S. The van der Waals surface area contributed by atoms with E-state index in [1.807, 2.05) is 13.2 Å². The highest BCUT2D eigenvalue weighted by Crippen LogP contribution is 2.10. The fourth-order valence-electron chi connectivity index (χ4n) is 2.90. The first-order valence-electron chi connectivity index (χ1n) is 11.1. The monoisotopic (exact) mass is 489 g/mol. The molecule has 0 aliphatic heterocycles. The number of carbonyl (C=O) groups excluding carboxylic acids is 4. The summed E-state index contributed by atoms with van der Waals surface area (Å²) in [6, 6.07) is -4.39. The fraction of sp³-hybridized carbons (Fsp3) is 0.762. The zero-order chi connectivity index (χ0) is 25.7. The average Bonchev–Trinajstić information content (AvgIpc) is 2.76. The quantitative estimate of drug-likeness (QED) is 0.168. The molecule has 0 radical (unpaired) electrons. The van der Waals surface area contributed by atoms with E-state index in [-0.39, 0.29) is 18.3 Å². The summed E-state index contributed by atoms with van der Waals surface area (Å²) in [5, 5.41) is 16.9. The van der Waals surface area contributed by atoms with Gasteiger partial charge in [0.1, 0.15) is 18.1 Å². The molecule has 0 aliphatic rings. The summed E-state index contributed by atoms with van der Waals surface area (Å²) in [7, 11) is 0. The molecule has 4 amide bonds. The van der Waals surface area contributed by atoms with Crippen LogP contribution in [0.25, 0.3) is 0 Å². The smallest absolute Gasteiger partial charge is 0.326 e. The van der Waals surface area contributed by atoms with Crippen LogP contribution in [0.3, 0.4) is 0 Å². The number of aliphatic carboxylic acids is 1. The van der Waals surface area contributed by atoms with Crippen LogP contribution >= 0.6 is 11.8 Å². The van der Waals surface area contributed by atoms with E-state index in [4.69, 9.17) is 11.5 Å². The van der Waals surface area contributed by atoms with Crippen LogP contribution in [0.2, 0.25) is 0 Å². The summed E-state index contributed by atoms with van der Waals surface area (Å²) in [5.74, 6) is -4.03. The molecule has 0 heterocycles. The summed E-state index contributed by atoms with van der Waals surface area (Å²) in [5.41, 5.74) is 11.1. The largest absolute Gasteiger partial charge is 0.480 e. The van der Waals surface area contributed by atoms with Crippen molar-refractivity contribution >= 4 is 41.4 Å². The Morgan fingerprint density at radius 2 is 1.39 bits per heavy atom. The molecular weight excluding hydrogens is 450 g/mol. The first-order valence-corrected chi connectivity index (χ1v) is 12.4. The molecule has 12 heteroatoms. The summed E-state index contributed by atoms with van der Waals surface area (Å²) >= 11 is 1.44. The Labute approximate surface area is 199 Å². The maximum Gasteiger partial charge on any atom is 0.326 e. The molecule has 0 spiro atoms. The normalized spacial score (nSPS) is 16.4. The summed E-state index contributed by atoms with van der Waals surface area (Å²) in [6.07, 6.45) is 2.73. The lowest BCUT2D eigenvalue weighted by Crippen LogP contribution is -2.58. The van der Waals surface area contributed by atoms with E-state index in [1.54, 1.807) is 20.8 Å². The Hall–Kier alpha value is -2.34. The lowest BCUT2D eigenvalue weighted by atomic mass is 9.98. The number of thioether (sulfide) groups is 1.